The fourth-order valence-electron chi connectivity index (χ4n) is 2.02. The van der Waals surface area contributed by atoms with Gasteiger partial charge in [-0.3, -0.25) is 14.6 Å². The maximum absolute atomic E-state index is 12.6. The molecule has 0 fully saturated rings. The lowest BCUT2D eigenvalue weighted by atomic mass is 10.1. The van der Waals surface area contributed by atoms with E-state index in [2.05, 4.69) is 10.1 Å². The number of rotatable bonds is 7. The number of aliphatic carboxylic acids is 1. The summed E-state index contributed by atoms with van der Waals surface area (Å²) in [5.41, 5.74) is 1.00. The first-order valence-corrected chi connectivity index (χ1v) is 7.34. The Balaban J connectivity index is 2.17. The molecule has 2 rings (SSSR count). The number of amides is 1. The van der Waals surface area contributed by atoms with Crippen LogP contribution in [-0.2, 0) is 11.3 Å². The highest BCUT2D eigenvalue weighted by Crippen LogP contribution is 2.17. The normalized spacial score (nSPS) is 10.7. The third-order valence-electron chi connectivity index (χ3n) is 3.30. The van der Waals surface area contributed by atoms with Crippen LogP contribution < -0.4 is 0 Å². The van der Waals surface area contributed by atoms with Gasteiger partial charge in [0, 0.05) is 37.5 Å². The first kappa shape index (κ1) is 16.7. The fourth-order valence-corrected chi connectivity index (χ4v) is 2.02. The van der Waals surface area contributed by atoms with Gasteiger partial charge in [-0.15, -0.1) is 0 Å². The number of carbonyl (C=O) groups excluding carboxylic acids is 1. The smallest absolute Gasteiger partial charge is 0.305 e. The highest BCUT2D eigenvalue weighted by Gasteiger charge is 2.21. The van der Waals surface area contributed by atoms with Crippen molar-refractivity contribution >= 4 is 11.9 Å². The molecule has 0 spiro atoms. The molecule has 1 N–H and O–H groups in total. The summed E-state index contributed by atoms with van der Waals surface area (Å²) in [6, 6.07) is 5.20. The number of hydrogen-bond donors (Lipinski definition) is 1. The second kappa shape index (κ2) is 7.53. The third-order valence-corrected chi connectivity index (χ3v) is 3.30. The Morgan fingerprint density at radius 3 is 2.74 bits per heavy atom. The van der Waals surface area contributed by atoms with Gasteiger partial charge in [-0.05, 0) is 11.6 Å². The van der Waals surface area contributed by atoms with Crippen molar-refractivity contribution in [1.82, 2.24) is 15.0 Å². The molecule has 0 aliphatic carbocycles. The van der Waals surface area contributed by atoms with Gasteiger partial charge in [0.05, 0.1) is 6.42 Å². The third kappa shape index (κ3) is 4.64. The lowest BCUT2D eigenvalue weighted by molar-refractivity contribution is -0.137. The van der Waals surface area contributed by atoms with Crippen molar-refractivity contribution in [3.63, 3.8) is 0 Å². The zero-order valence-electron chi connectivity index (χ0n) is 13.1. The van der Waals surface area contributed by atoms with E-state index in [1.807, 2.05) is 19.9 Å². The van der Waals surface area contributed by atoms with Crippen molar-refractivity contribution < 1.29 is 19.2 Å². The Kier molecular flexibility index (Phi) is 5.46. The van der Waals surface area contributed by atoms with Gasteiger partial charge in [0.25, 0.3) is 5.91 Å². The minimum absolute atomic E-state index is 0.0902. The van der Waals surface area contributed by atoms with Crippen LogP contribution >= 0.6 is 0 Å². The van der Waals surface area contributed by atoms with E-state index in [0.29, 0.717) is 5.76 Å². The zero-order chi connectivity index (χ0) is 16.8. The number of aromatic nitrogens is 2. The Hall–Kier alpha value is -2.70. The first-order chi connectivity index (χ1) is 11.0. The van der Waals surface area contributed by atoms with Crippen LogP contribution in [-0.4, -0.2) is 38.6 Å². The summed E-state index contributed by atoms with van der Waals surface area (Å²) in [7, 11) is 0. The molecule has 0 bridgehead atoms. The van der Waals surface area contributed by atoms with Crippen LogP contribution in [0.5, 0.6) is 0 Å². The lowest BCUT2D eigenvalue weighted by Crippen LogP contribution is -2.32. The molecule has 0 aliphatic rings. The minimum atomic E-state index is -0.961. The minimum Gasteiger partial charge on any atom is -0.481 e. The highest BCUT2D eigenvalue weighted by molar-refractivity contribution is 5.92. The number of hydrogen-bond acceptors (Lipinski definition) is 5. The highest BCUT2D eigenvalue weighted by atomic mass is 16.5. The molecule has 23 heavy (non-hydrogen) atoms. The topological polar surface area (TPSA) is 96.5 Å². The van der Waals surface area contributed by atoms with E-state index in [0.717, 1.165) is 5.56 Å². The van der Waals surface area contributed by atoms with Crippen LogP contribution in [0.15, 0.2) is 35.1 Å². The van der Waals surface area contributed by atoms with E-state index in [1.165, 1.54) is 4.90 Å². The molecular weight excluding hydrogens is 298 g/mol. The van der Waals surface area contributed by atoms with Crippen molar-refractivity contribution in [3.8, 4) is 0 Å². The molecule has 0 radical (unpaired) electrons. The summed E-state index contributed by atoms with van der Waals surface area (Å²) < 4.78 is 5.15. The van der Waals surface area contributed by atoms with Crippen LogP contribution in [0.4, 0.5) is 0 Å². The predicted molar refractivity (Wildman–Crippen MR) is 81.8 cm³/mol. The Morgan fingerprint density at radius 1 is 1.39 bits per heavy atom. The van der Waals surface area contributed by atoms with Gasteiger partial charge >= 0.3 is 5.97 Å². The van der Waals surface area contributed by atoms with Gasteiger partial charge in [-0.25, -0.2) is 0 Å². The maximum atomic E-state index is 12.6. The number of carboxylic acid groups (broad SMARTS) is 1. The van der Waals surface area contributed by atoms with Crippen LogP contribution in [0, 0.1) is 0 Å². The number of carbonyl (C=O) groups is 2. The van der Waals surface area contributed by atoms with Crippen LogP contribution in [0.2, 0.25) is 0 Å². The molecule has 0 saturated heterocycles. The van der Waals surface area contributed by atoms with Crippen LogP contribution in [0.1, 0.15) is 48.0 Å². The van der Waals surface area contributed by atoms with Gasteiger partial charge in [-0.1, -0.05) is 25.1 Å². The summed E-state index contributed by atoms with van der Waals surface area (Å²) in [5.74, 6) is -0.578. The number of carboxylic acids is 1. The summed E-state index contributed by atoms with van der Waals surface area (Å²) in [6.45, 7) is 4.23. The van der Waals surface area contributed by atoms with E-state index in [4.69, 9.17) is 9.63 Å². The van der Waals surface area contributed by atoms with E-state index in [-0.39, 0.29) is 37.0 Å². The van der Waals surface area contributed by atoms with Gasteiger partial charge in [0.15, 0.2) is 5.69 Å². The van der Waals surface area contributed by atoms with Crippen molar-refractivity contribution in [2.75, 3.05) is 6.54 Å². The number of nitrogens with zero attached hydrogens (tertiary/aromatic N) is 3. The molecule has 7 nitrogen and oxygen atoms in total. The average molecular weight is 317 g/mol. The van der Waals surface area contributed by atoms with E-state index in [1.54, 1.807) is 24.5 Å². The van der Waals surface area contributed by atoms with E-state index < -0.39 is 5.97 Å². The summed E-state index contributed by atoms with van der Waals surface area (Å²) in [4.78, 5) is 28.9. The Morgan fingerprint density at radius 2 is 2.17 bits per heavy atom. The van der Waals surface area contributed by atoms with Gasteiger partial charge in [0.1, 0.15) is 5.76 Å². The fraction of sp³-hybridized carbons (Fsp3) is 0.375. The molecule has 2 aromatic rings. The molecule has 2 aromatic heterocycles. The van der Waals surface area contributed by atoms with Crippen molar-refractivity contribution in [1.29, 1.82) is 0 Å². The molecule has 0 atom stereocenters. The largest absolute Gasteiger partial charge is 0.481 e. The maximum Gasteiger partial charge on any atom is 0.305 e. The molecule has 1 amide bonds. The van der Waals surface area contributed by atoms with Crippen molar-refractivity contribution in [2.24, 2.45) is 0 Å². The number of pyridine rings is 1. The van der Waals surface area contributed by atoms with Crippen LogP contribution in [0.25, 0.3) is 0 Å². The lowest BCUT2D eigenvalue weighted by Gasteiger charge is -2.20. The quantitative estimate of drug-likeness (QED) is 0.841. The molecule has 2 heterocycles. The molecule has 0 aromatic carbocycles. The molecule has 122 valence electrons. The van der Waals surface area contributed by atoms with Crippen molar-refractivity contribution in [2.45, 2.75) is 32.7 Å². The Bertz CT molecular complexity index is 667. The van der Waals surface area contributed by atoms with Crippen molar-refractivity contribution in [3.05, 3.63) is 47.6 Å². The molecular formula is C16H19N3O4. The summed E-state index contributed by atoms with van der Waals surface area (Å²) in [6.07, 6.45) is 3.14. The van der Waals surface area contributed by atoms with E-state index in [9.17, 15) is 9.59 Å². The van der Waals surface area contributed by atoms with Crippen LogP contribution in [0.3, 0.4) is 0 Å². The SMILES string of the molecule is CC(C)c1cc(C(=O)N(CCC(=O)O)Cc2cccnc2)no1. The first-order valence-electron chi connectivity index (χ1n) is 7.34. The average Bonchev–Trinajstić information content (AvgIpc) is 3.01. The molecule has 0 unspecified atom stereocenters. The molecule has 7 heteroatoms. The second-order valence-corrected chi connectivity index (χ2v) is 5.50. The van der Waals surface area contributed by atoms with E-state index >= 15 is 0 Å². The summed E-state index contributed by atoms with van der Waals surface area (Å²) in [5, 5.41) is 12.7. The Labute approximate surface area is 133 Å². The standard InChI is InChI=1S/C16H19N3O4/c1-11(2)14-8-13(18-23-14)16(22)19(7-5-15(20)21)10-12-4-3-6-17-9-12/h3-4,6,8-9,11H,5,7,10H2,1-2H3,(H,20,21). The van der Waals surface area contributed by atoms with Gasteiger partial charge < -0.3 is 14.5 Å². The van der Waals surface area contributed by atoms with Gasteiger partial charge in [-0.2, -0.15) is 0 Å². The monoisotopic (exact) mass is 317 g/mol. The molecule has 0 aliphatic heterocycles. The molecule has 0 saturated carbocycles. The zero-order valence-corrected chi connectivity index (χ0v) is 13.1. The second-order valence-electron chi connectivity index (χ2n) is 5.50. The van der Waals surface area contributed by atoms with Gasteiger partial charge in [0.2, 0.25) is 0 Å². The summed E-state index contributed by atoms with van der Waals surface area (Å²) >= 11 is 0. The predicted octanol–water partition coefficient (Wildman–Crippen LogP) is 2.31.